The van der Waals surface area contributed by atoms with Crippen molar-refractivity contribution in [2.45, 2.75) is 24.7 Å². The van der Waals surface area contributed by atoms with Crippen molar-refractivity contribution in [1.29, 1.82) is 0 Å². The summed E-state index contributed by atoms with van der Waals surface area (Å²) in [6, 6.07) is 7.65. The third kappa shape index (κ3) is 4.35. The number of ether oxygens (including phenoxy) is 1. The lowest BCUT2D eigenvalue weighted by atomic mass is 10.1. The predicted octanol–water partition coefficient (Wildman–Crippen LogP) is 1.87. The molecular weight excluding hydrogens is 352 g/mol. The zero-order valence-electron chi connectivity index (χ0n) is 13.0. The highest BCUT2D eigenvalue weighted by Crippen LogP contribution is 2.24. The lowest BCUT2D eigenvalue weighted by Gasteiger charge is -2.08. The molecule has 2 heterocycles. The van der Waals surface area contributed by atoms with E-state index in [-0.39, 0.29) is 22.5 Å². The molecule has 1 aliphatic heterocycles. The Labute approximate surface area is 143 Å². The lowest BCUT2D eigenvalue weighted by Crippen LogP contribution is -2.20. The molecule has 3 rings (SSSR count). The van der Waals surface area contributed by atoms with Gasteiger partial charge in [0.25, 0.3) is 5.22 Å². The fourth-order valence-electron chi connectivity index (χ4n) is 2.28. The maximum atomic E-state index is 11.8. The Morgan fingerprint density at radius 2 is 2.08 bits per heavy atom. The van der Waals surface area contributed by atoms with Gasteiger partial charge >= 0.3 is 5.97 Å². The van der Waals surface area contributed by atoms with Crippen LogP contribution in [0.3, 0.4) is 0 Å². The maximum Gasteiger partial charge on any atom is 0.316 e. The molecule has 0 bridgehead atoms. The lowest BCUT2D eigenvalue weighted by molar-refractivity contribution is -0.144. The molecule has 128 valence electrons. The second-order valence-electron chi connectivity index (χ2n) is 5.54. The van der Waals surface area contributed by atoms with Crippen molar-refractivity contribution in [2.75, 3.05) is 17.3 Å². The van der Waals surface area contributed by atoms with Crippen LogP contribution in [-0.4, -0.2) is 47.9 Å². The molecule has 2 aromatic rings. The van der Waals surface area contributed by atoms with Gasteiger partial charge in [-0.25, -0.2) is 8.42 Å². The second-order valence-corrected chi connectivity index (χ2v) is 8.70. The van der Waals surface area contributed by atoms with E-state index in [0.29, 0.717) is 12.3 Å². The van der Waals surface area contributed by atoms with Crippen LogP contribution in [0.15, 0.2) is 33.9 Å². The van der Waals surface area contributed by atoms with E-state index in [2.05, 4.69) is 10.2 Å². The summed E-state index contributed by atoms with van der Waals surface area (Å²) in [6.07, 6.45) is -0.189. The molecule has 0 aliphatic carbocycles. The number of aromatic nitrogens is 2. The van der Waals surface area contributed by atoms with Crippen molar-refractivity contribution in [3.8, 4) is 11.5 Å². The van der Waals surface area contributed by atoms with Crippen LogP contribution < -0.4 is 0 Å². The minimum Gasteiger partial charge on any atom is -0.461 e. The highest BCUT2D eigenvalue weighted by Gasteiger charge is 2.30. The van der Waals surface area contributed by atoms with Crippen LogP contribution in [0.1, 0.15) is 12.0 Å². The van der Waals surface area contributed by atoms with Gasteiger partial charge in [0.05, 0.1) is 11.5 Å². The largest absolute Gasteiger partial charge is 0.461 e. The Morgan fingerprint density at radius 1 is 1.33 bits per heavy atom. The van der Waals surface area contributed by atoms with E-state index in [1.807, 2.05) is 31.2 Å². The fraction of sp³-hybridized carbons (Fsp3) is 0.400. The van der Waals surface area contributed by atoms with Gasteiger partial charge in [-0.05, 0) is 25.5 Å². The average molecular weight is 368 g/mol. The number of hydrogen-bond acceptors (Lipinski definition) is 8. The predicted molar refractivity (Wildman–Crippen MR) is 88.3 cm³/mol. The SMILES string of the molecule is Cc1ccc(-c2nnc(SCC(=O)O[C@H]3CCS(=O)(=O)C3)o2)cc1. The molecule has 0 saturated carbocycles. The van der Waals surface area contributed by atoms with Gasteiger partial charge in [-0.2, -0.15) is 0 Å². The number of nitrogens with zero attached hydrogens (tertiary/aromatic N) is 2. The van der Waals surface area contributed by atoms with Crippen molar-refractivity contribution in [2.24, 2.45) is 0 Å². The van der Waals surface area contributed by atoms with Crippen LogP contribution >= 0.6 is 11.8 Å². The van der Waals surface area contributed by atoms with Crippen molar-refractivity contribution in [3.05, 3.63) is 29.8 Å². The van der Waals surface area contributed by atoms with Crippen molar-refractivity contribution in [1.82, 2.24) is 10.2 Å². The maximum absolute atomic E-state index is 11.8. The first-order chi connectivity index (χ1) is 11.4. The number of esters is 1. The summed E-state index contributed by atoms with van der Waals surface area (Å²) in [4.78, 5) is 11.8. The number of carbonyl (C=O) groups excluding carboxylic acids is 1. The summed E-state index contributed by atoms with van der Waals surface area (Å²) in [7, 11) is -3.06. The average Bonchev–Trinajstić information content (AvgIpc) is 3.12. The number of carbonyl (C=O) groups is 1. The minimum atomic E-state index is -3.06. The Balaban J connectivity index is 1.52. The molecule has 0 radical (unpaired) electrons. The minimum absolute atomic E-state index is 0.00786. The van der Waals surface area contributed by atoms with Crippen LogP contribution in [0.4, 0.5) is 0 Å². The number of aryl methyl sites for hydroxylation is 1. The monoisotopic (exact) mass is 368 g/mol. The van der Waals surface area contributed by atoms with E-state index in [1.165, 1.54) is 0 Å². The molecule has 7 nitrogen and oxygen atoms in total. The van der Waals surface area contributed by atoms with E-state index < -0.39 is 21.9 Å². The van der Waals surface area contributed by atoms with Gasteiger partial charge in [0, 0.05) is 5.56 Å². The normalized spacial score (nSPS) is 19.3. The molecule has 0 amide bonds. The van der Waals surface area contributed by atoms with Crippen molar-refractivity contribution >= 4 is 27.6 Å². The zero-order valence-corrected chi connectivity index (χ0v) is 14.6. The summed E-state index contributed by atoms with van der Waals surface area (Å²) >= 11 is 1.07. The van der Waals surface area contributed by atoms with Crippen molar-refractivity contribution < 1.29 is 22.4 Å². The van der Waals surface area contributed by atoms with Gasteiger partial charge in [0.1, 0.15) is 11.9 Å². The quantitative estimate of drug-likeness (QED) is 0.582. The molecule has 9 heteroatoms. The van der Waals surface area contributed by atoms with Crippen LogP contribution in [0, 0.1) is 6.92 Å². The Morgan fingerprint density at radius 3 is 2.75 bits per heavy atom. The van der Waals surface area contributed by atoms with Crippen LogP contribution in [-0.2, 0) is 19.4 Å². The highest BCUT2D eigenvalue weighted by atomic mass is 32.2. The standard InChI is InChI=1S/C15H16N2O5S2/c1-10-2-4-11(5-3-10)14-16-17-15(22-14)23-8-13(18)21-12-6-7-24(19,20)9-12/h2-5,12H,6-9H2,1H3/t12-/m0/s1. The molecule has 1 aromatic heterocycles. The number of rotatable bonds is 5. The first kappa shape index (κ1) is 17.0. The highest BCUT2D eigenvalue weighted by molar-refractivity contribution is 7.99. The van der Waals surface area contributed by atoms with Gasteiger partial charge in [-0.3, -0.25) is 4.79 Å². The number of sulfone groups is 1. The molecule has 24 heavy (non-hydrogen) atoms. The van der Waals surface area contributed by atoms with Crippen LogP contribution in [0.5, 0.6) is 0 Å². The molecule has 1 fully saturated rings. The molecule has 1 saturated heterocycles. The van der Waals surface area contributed by atoms with Gasteiger partial charge in [0.2, 0.25) is 5.89 Å². The molecule has 1 aliphatic rings. The van der Waals surface area contributed by atoms with Crippen LogP contribution in [0.25, 0.3) is 11.5 Å². The van der Waals surface area contributed by atoms with Crippen LogP contribution in [0.2, 0.25) is 0 Å². The van der Waals surface area contributed by atoms with Gasteiger partial charge < -0.3 is 9.15 Å². The topological polar surface area (TPSA) is 99.4 Å². The third-order valence-electron chi connectivity index (χ3n) is 3.51. The molecule has 1 aromatic carbocycles. The summed E-state index contributed by atoms with van der Waals surface area (Å²) in [6.45, 7) is 1.99. The smallest absolute Gasteiger partial charge is 0.316 e. The number of thioether (sulfide) groups is 1. The number of benzene rings is 1. The molecule has 0 unspecified atom stereocenters. The molecule has 0 N–H and O–H groups in total. The Hall–Kier alpha value is -1.87. The fourth-order valence-corrected chi connectivity index (χ4v) is 4.41. The molecule has 0 spiro atoms. The Bertz CT molecular complexity index is 830. The number of hydrogen-bond donors (Lipinski definition) is 0. The van der Waals surface area contributed by atoms with E-state index in [4.69, 9.17) is 9.15 Å². The zero-order chi connectivity index (χ0) is 17.2. The first-order valence-electron chi connectivity index (χ1n) is 7.34. The summed E-state index contributed by atoms with van der Waals surface area (Å²) in [5, 5.41) is 8.10. The molecule has 1 atom stereocenters. The third-order valence-corrected chi connectivity index (χ3v) is 6.04. The van der Waals surface area contributed by atoms with E-state index in [1.54, 1.807) is 0 Å². The second kappa shape index (κ2) is 6.94. The summed E-state index contributed by atoms with van der Waals surface area (Å²) in [5.74, 6) is -0.139. The van der Waals surface area contributed by atoms with E-state index in [0.717, 1.165) is 22.9 Å². The first-order valence-corrected chi connectivity index (χ1v) is 10.2. The van der Waals surface area contributed by atoms with E-state index in [9.17, 15) is 13.2 Å². The van der Waals surface area contributed by atoms with Crippen molar-refractivity contribution in [3.63, 3.8) is 0 Å². The van der Waals surface area contributed by atoms with Gasteiger partial charge in [-0.15, -0.1) is 10.2 Å². The van der Waals surface area contributed by atoms with Gasteiger partial charge in [-0.1, -0.05) is 29.5 Å². The van der Waals surface area contributed by atoms with Gasteiger partial charge in [0.15, 0.2) is 9.84 Å². The summed E-state index contributed by atoms with van der Waals surface area (Å²) < 4.78 is 33.3. The summed E-state index contributed by atoms with van der Waals surface area (Å²) in [5.41, 5.74) is 1.93. The van der Waals surface area contributed by atoms with E-state index >= 15 is 0 Å². The Kier molecular flexibility index (Phi) is 4.91. The molecular formula is C15H16N2O5S2.